The zero-order chi connectivity index (χ0) is 19.5. The highest BCUT2D eigenvalue weighted by Gasteiger charge is 2.59. The van der Waals surface area contributed by atoms with Gasteiger partial charge in [0, 0.05) is 44.3 Å². The molecule has 0 aromatic carbocycles. The number of nitrogens with one attached hydrogen (secondary N) is 1. The molecule has 4 atom stereocenters. The number of carbonyl (C=O) groups excluding carboxylic acids is 1. The van der Waals surface area contributed by atoms with Crippen molar-refractivity contribution in [2.45, 2.75) is 44.4 Å². The molecule has 1 fully saturated rings. The zero-order valence-electron chi connectivity index (χ0n) is 16.1. The zero-order valence-corrected chi connectivity index (χ0v) is 16.1. The molecule has 1 saturated carbocycles. The summed E-state index contributed by atoms with van der Waals surface area (Å²) in [6.07, 6.45) is 1.21. The number of amides is 1. The molecule has 1 heterocycles. The predicted octanol–water partition coefficient (Wildman–Crippen LogP) is 1.22. The summed E-state index contributed by atoms with van der Waals surface area (Å²) >= 11 is 0. The number of nitrogens with zero attached hydrogens (tertiary/aromatic N) is 2. The van der Waals surface area contributed by atoms with E-state index in [0.29, 0.717) is 18.5 Å². The summed E-state index contributed by atoms with van der Waals surface area (Å²) in [4.78, 5) is 14.4. The maximum atomic E-state index is 12.5. The number of carbonyl (C=O) groups is 1. The number of nitriles is 1. The van der Waals surface area contributed by atoms with Crippen molar-refractivity contribution in [3.63, 3.8) is 0 Å². The van der Waals surface area contributed by atoms with Crippen LogP contribution in [0.3, 0.4) is 0 Å². The van der Waals surface area contributed by atoms with Crippen molar-refractivity contribution in [3.05, 3.63) is 11.8 Å². The van der Waals surface area contributed by atoms with Gasteiger partial charge in [0.05, 0.1) is 24.3 Å². The van der Waals surface area contributed by atoms with Gasteiger partial charge < -0.3 is 29.5 Å². The predicted molar refractivity (Wildman–Crippen MR) is 93.9 cm³/mol. The fourth-order valence-electron chi connectivity index (χ4n) is 3.94. The maximum Gasteiger partial charge on any atom is 0.408 e. The highest BCUT2D eigenvalue weighted by atomic mass is 16.7. The van der Waals surface area contributed by atoms with Crippen LogP contribution in [0, 0.1) is 23.2 Å². The average molecular weight is 367 g/mol. The fraction of sp³-hybridized carbons (Fsp3) is 0.778. The third-order valence-electron chi connectivity index (χ3n) is 4.95. The van der Waals surface area contributed by atoms with E-state index in [9.17, 15) is 15.2 Å². The summed E-state index contributed by atoms with van der Waals surface area (Å²) < 4.78 is 16.2. The van der Waals surface area contributed by atoms with Crippen LogP contribution in [0.2, 0.25) is 0 Å². The number of aliphatic hydroxyl groups is 1. The topological polar surface area (TPSA) is 104 Å². The summed E-state index contributed by atoms with van der Waals surface area (Å²) in [5.74, 6) is -0.299. The van der Waals surface area contributed by atoms with E-state index in [4.69, 9.17) is 14.2 Å². The SMILES string of the molecule is COCO[C@H]1C[C@H]2C(C#N)=CN(C)C[C@H]2[C@@]1(CO)NC(=O)OC(C)(C)C. The molecule has 2 aliphatic rings. The number of hydrogen-bond acceptors (Lipinski definition) is 7. The first kappa shape index (κ1) is 20.5. The molecule has 0 aromatic heterocycles. The Morgan fingerprint density at radius 3 is 2.77 bits per heavy atom. The van der Waals surface area contributed by atoms with Crippen LogP contribution in [-0.4, -0.2) is 67.4 Å². The van der Waals surface area contributed by atoms with Crippen molar-refractivity contribution >= 4 is 6.09 Å². The molecule has 0 aromatic rings. The number of allylic oxidation sites excluding steroid dienone is 1. The number of rotatable bonds is 5. The second-order valence-corrected chi connectivity index (χ2v) is 7.97. The van der Waals surface area contributed by atoms with E-state index in [0.717, 1.165) is 0 Å². The number of alkyl carbamates (subject to hydrolysis) is 1. The lowest BCUT2D eigenvalue weighted by Gasteiger charge is -2.42. The van der Waals surface area contributed by atoms with Gasteiger partial charge in [-0.2, -0.15) is 5.26 Å². The minimum atomic E-state index is -1.06. The van der Waals surface area contributed by atoms with E-state index < -0.39 is 23.3 Å². The summed E-state index contributed by atoms with van der Waals surface area (Å²) in [5, 5.41) is 22.7. The second-order valence-electron chi connectivity index (χ2n) is 7.97. The minimum Gasteiger partial charge on any atom is -0.444 e. The van der Waals surface area contributed by atoms with Gasteiger partial charge in [0.1, 0.15) is 12.4 Å². The van der Waals surface area contributed by atoms with Crippen molar-refractivity contribution < 1.29 is 24.1 Å². The van der Waals surface area contributed by atoms with Gasteiger partial charge in [-0.25, -0.2) is 4.79 Å². The number of ether oxygens (including phenoxy) is 3. The first-order chi connectivity index (χ1) is 12.2. The lowest BCUT2D eigenvalue weighted by molar-refractivity contribution is -0.109. The van der Waals surface area contributed by atoms with Crippen LogP contribution in [0.1, 0.15) is 27.2 Å². The van der Waals surface area contributed by atoms with Crippen LogP contribution in [0.5, 0.6) is 0 Å². The van der Waals surface area contributed by atoms with Crippen LogP contribution in [0.25, 0.3) is 0 Å². The van der Waals surface area contributed by atoms with E-state index in [-0.39, 0.29) is 25.2 Å². The highest BCUT2D eigenvalue weighted by Crippen LogP contribution is 2.47. The average Bonchev–Trinajstić information content (AvgIpc) is 2.84. The Morgan fingerprint density at radius 2 is 2.23 bits per heavy atom. The van der Waals surface area contributed by atoms with Gasteiger partial charge in [-0.15, -0.1) is 0 Å². The lowest BCUT2D eigenvalue weighted by Crippen LogP contribution is -2.63. The van der Waals surface area contributed by atoms with E-state index in [1.165, 1.54) is 7.11 Å². The summed E-state index contributed by atoms with van der Waals surface area (Å²) in [7, 11) is 3.38. The lowest BCUT2D eigenvalue weighted by atomic mass is 9.78. The van der Waals surface area contributed by atoms with Crippen LogP contribution in [-0.2, 0) is 14.2 Å². The number of hydrogen-bond donors (Lipinski definition) is 2. The smallest absolute Gasteiger partial charge is 0.408 e. The van der Waals surface area contributed by atoms with E-state index >= 15 is 0 Å². The van der Waals surface area contributed by atoms with Gasteiger partial charge in [0.2, 0.25) is 0 Å². The molecule has 8 heteroatoms. The molecule has 0 spiro atoms. The number of fused-ring (bicyclic) bond motifs is 1. The highest BCUT2D eigenvalue weighted by molar-refractivity contribution is 5.69. The molecule has 1 aliphatic heterocycles. The molecule has 26 heavy (non-hydrogen) atoms. The monoisotopic (exact) mass is 367 g/mol. The Balaban J connectivity index is 2.35. The Morgan fingerprint density at radius 1 is 1.54 bits per heavy atom. The molecule has 2 rings (SSSR count). The molecule has 0 radical (unpaired) electrons. The molecule has 2 N–H and O–H groups in total. The maximum absolute atomic E-state index is 12.5. The van der Waals surface area contributed by atoms with Crippen molar-refractivity contribution in [3.8, 4) is 6.07 Å². The van der Waals surface area contributed by atoms with E-state index in [2.05, 4.69) is 11.4 Å². The molecule has 1 aliphatic carbocycles. The molecule has 1 amide bonds. The second kappa shape index (κ2) is 7.82. The van der Waals surface area contributed by atoms with Crippen LogP contribution < -0.4 is 5.32 Å². The van der Waals surface area contributed by atoms with Crippen molar-refractivity contribution in [2.24, 2.45) is 11.8 Å². The minimum absolute atomic E-state index is 0.0310. The molecule has 0 saturated heterocycles. The Bertz CT molecular complexity index is 595. The molecule has 146 valence electrons. The Labute approximate surface area is 154 Å². The van der Waals surface area contributed by atoms with Gasteiger partial charge in [-0.05, 0) is 27.2 Å². The van der Waals surface area contributed by atoms with Crippen molar-refractivity contribution in [1.29, 1.82) is 5.26 Å². The fourth-order valence-corrected chi connectivity index (χ4v) is 3.94. The largest absolute Gasteiger partial charge is 0.444 e. The summed E-state index contributed by atoms with van der Waals surface area (Å²) in [6.45, 7) is 5.62. The van der Waals surface area contributed by atoms with Crippen LogP contribution in [0.4, 0.5) is 4.79 Å². The third-order valence-corrected chi connectivity index (χ3v) is 4.95. The Kier molecular flexibility index (Phi) is 6.17. The quantitative estimate of drug-likeness (QED) is 0.704. The first-order valence-corrected chi connectivity index (χ1v) is 8.71. The first-order valence-electron chi connectivity index (χ1n) is 8.71. The molecular weight excluding hydrogens is 338 g/mol. The third kappa shape index (κ3) is 4.11. The number of aliphatic hydroxyl groups excluding tert-OH is 1. The van der Waals surface area contributed by atoms with Crippen molar-refractivity contribution in [2.75, 3.05) is 34.1 Å². The Hall–Kier alpha value is -1.82. The van der Waals surface area contributed by atoms with Crippen LogP contribution >= 0.6 is 0 Å². The van der Waals surface area contributed by atoms with E-state index in [1.54, 1.807) is 20.8 Å². The summed E-state index contributed by atoms with van der Waals surface area (Å²) in [5.41, 5.74) is -1.10. The van der Waals surface area contributed by atoms with Crippen LogP contribution in [0.15, 0.2) is 11.8 Å². The standard InChI is InChI=1S/C18H29N3O5/c1-17(2,3)26-16(23)20-18(10-22)14-9-21(4)8-12(7-19)13(14)6-15(18)25-11-24-5/h8,13-15,22H,6,9-11H2,1-5H3,(H,20,23)/t13-,14+,15-,18+/m0/s1. The molecule has 8 nitrogen and oxygen atoms in total. The van der Waals surface area contributed by atoms with Crippen molar-refractivity contribution in [1.82, 2.24) is 10.2 Å². The van der Waals surface area contributed by atoms with Gasteiger partial charge in [-0.3, -0.25) is 0 Å². The molecule has 0 unspecified atom stereocenters. The van der Waals surface area contributed by atoms with E-state index in [1.807, 2.05) is 18.1 Å². The summed E-state index contributed by atoms with van der Waals surface area (Å²) in [6, 6.07) is 2.24. The van der Waals surface area contributed by atoms with Gasteiger partial charge in [-0.1, -0.05) is 0 Å². The van der Waals surface area contributed by atoms with Gasteiger partial charge >= 0.3 is 6.09 Å². The van der Waals surface area contributed by atoms with Gasteiger partial charge in [0.25, 0.3) is 0 Å². The normalized spacial score (nSPS) is 31.0. The molecular formula is C18H29N3O5. The van der Waals surface area contributed by atoms with Gasteiger partial charge in [0.15, 0.2) is 0 Å². The number of methoxy groups -OCH3 is 1. The molecule has 0 bridgehead atoms.